The molecule has 1 aliphatic rings. The van der Waals surface area contributed by atoms with Crippen molar-refractivity contribution in [1.82, 2.24) is 5.01 Å². The summed E-state index contributed by atoms with van der Waals surface area (Å²) in [6.07, 6.45) is 5.80. The molecule has 0 atom stereocenters. The SMILES string of the molecule is C=C1C=C(F)C=CN1/N=C\C. The smallest absolute Gasteiger partial charge is 0.126 e. The van der Waals surface area contributed by atoms with E-state index in [0.29, 0.717) is 5.70 Å². The van der Waals surface area contributed by atoms with Crippen LogP contribution in [0.25, 0.3) is 0 Å². The van der Waals surface area contributed by atoms with Crippen molar-refractivity contribution in [2.75, 3.05) is 0 Å². The third kappa shape index (κ3) is 1.77. The number of hydrogen-bond donors (Lipinski definition) is 0. The summed E-state index contributed by atoms with van der Waals surface area (Å²) in [4.78, 5) is 0. The third-order valence-corrected chi connectivity index (χ3v) is 1.21. The second kappa shape index (κ2) is 3.14. The maximum absolute atomic E-state index is 12.5. The molecule has 1 heterocycles. The molecule has 0 bridgehead atoms. The van der Waals surface area contributed by atoms with E-state index in [0.717, 1.165) is 0 Å². The Morgan fingerprint density at radius 3 is 3.00 bits per heavy atom. The van der Waals surface area contributed by atoms with Gasteiger partial charge in [0.1, 0.15) is 5.83 Å². The van der Waals surface area contributed by atoms with E-state index in [-0.39, 0.29) is 5.83 Å². The van der Waals surface area contributed by atoms with Gasteiger partial charge in [0.15, 0.2) is 0 Å². The van der Waals surface area contributed by atoms with E-state index in [9.17, 15) is 4.39 Å². The number of rotatable bonds is 1. The van der Waals surface area contributed by atoms with Crippen molar-refractivity contribution in [3.05, 3.63) is 36.5 Å². The van der Waals surface area contributed by atoms with Crippen LogP contribution in [0.5, 0.6) is 0 Å². The summed E-state index contributed by atoms with van der Waals surface area (Å²) in [6, 6.07) is 0. The molecule has 1 aliphatic heterocycles. The number of allylic oxidation sites excluding steroid dienone is 3. The van der Waals surface area contributed by atoms with Crippen molar-refractivity contribution in [2.24, 2.45) is 5.10 Å². The zero-order chi connectivity index (χ0) is 8.27. The minimum absolute atomic E-state index is 0.294. The predicted molar refractivity (Wildman–Crippen MR) is 43.5 cm³/mol. The molecule has 3 heteroatoms. The molecule has 0 unspecified atom stereocenters. The Kier molecular flexibility index (Phi) is 2.21. The fourth-order valence-corrected chi connectivity index (χ4v) is 0.748. The second-order valence-electron chi connectivity index (χ2n) is 2.05. The van der Waals surface area contributed by atoms with E-state index >= 15 is 0 Å². The molecule has 11 heavy (non-hydrogen) atoms. The zero-order valence-corrected chi connectivity index (χ0v) is 6.29. The molecule has 0 aromatic rings. The number of halogens is 1. The standard InChI is InChI=1S/C8H9FN2/c1-3-10-11-5-4-8(9)6-7(11)2/h3-6H,2H2,1H3/b10-3-. The molecule has 0 fully saturated rings. The lowest BCUT2D eigenvalue weighted by Gasteiger charge is -2.16. The first-order valence-electron chi connectivity index (χ1n) is 3.26. The van der Waals surface area contributed by atoms with Gasteiger partial charge in [-0.2, -0.15) is 5.10 Å². The third-order valence-electron chi connectivity index (χ3n) is 1.21. The lowest BCUT2D eigenvalue weighted by molar-refractivity contribution is 0.500. The number of hydrogen-bond acceptors (Lipinski definition) is 2. The van der Waals surface area contributed by atoms with Crippen LogP contribution in [0, 0.1) is 0 Å². The van der Waals surface area contributed by atoms with Crippen LogP contribution < -0.4 is 0 Å². The van der Waals surface area contributed by atoms with Gasteiger partial charge in [0.05, 0.1) is 5.70 Å². The van der Waals surface area contributed by atoms with Crippen molar-refractivity contribution in [3.8, 4) is 0 Å². The van der Waals surface area contributed by atoms with Gasteiger partial charge < -0.3 is 0 Å². The summed E-state index contributed by atoms with van der Waals surface area (Å²) in [5.74, 6) is -0.294. The average molecular weight is 152 g/mol. The monoisotopic (exact) mass is 152 g/mol. The van der Waals surface area contributed by atoms with Crippen molar-refractivity contribution in [3.63, 3.8) is 0 Å². The highest BCUT2D eigenvalue weighted by Crippen LogP contribution is 2.15. The van der Waals surface area contributed by atoms with Gasteiger partial charge in [0, 0.05) is 12.4 Å². The van der Waals surface area contributed by atoms with Crippen molar-refractivity contribution < 1.29 is 4.39 Å². The molecule has 0 aliphatic carbocycles. The van der Waals surface area contributed by atoms with Crippen LogP contribution in [-0.4, -0.2) is 11.2 Å². The summed E-state index contributed by atoms with van der Waals surface area (Å²) in [6.45, 7) is 5.40. The molecule has 0 spiro atoms. The Morgan fingerprint density at radius 2 is 2.45 bits per heavy atom. The first-order chi connectivity index (χ1) is 5.24. The molecule has 0 saturated heterocycles. The normalized spacial score (nSPS) is 17.8. The number of nitrogens with zero attached hydrogens (tertiary/aromatic N) is 2. The van der Waals surface area contributed by atoms with Crippen LogP contribution in [0.2, 0.25) is 0 Å². The summed E-state index contributed by atoms with van der Waals surface area (Å²) in [5.41, 5.74) is 0.531. The Labute approximate surface area is 65.0 Å². The van der Waals surface area contributed by atoms with Crippen LogP contribution in [-0.2, 0) is 0 Å². The maximum Gasteiger partial charge on any atom is 0.126 e. The molecule has 0 amide bonds. The Hall–Kier alpha value is -1.38. The molecular weight excluding hydrogens is 143 g/mol. The van der Waals surface area contributed by atoms with Gasteiger partial charge in [-0.25, -0.2) is 9.40 Å². The summed E-state index contributed by atoms with van der Waals surface area (Å²) < 4.78 is 12.5. The Morgan fingerprint density at radius 1 is 1.73 bits per heavy atom. The molecule has 0 saturated carbocycles. The summed E-state index contributed by atoms with van der Waals surface area (Å²) in [5, 5.41) is 5.41. The van der Waals surface area contributed by atoms with Gasteiger partial charge in [0.2, 0.25) is 0 Å². The topological polar surface area (TPSA) is 15.6 Å². The molecule has 2 nitrogen and oxygen atoms in total. The minimum atomic E-state index is -0.294. The Bertz CT molecular complexity index is 251. The fourth-order valence-electron chi connectivity index (χ4n) is 0.748. The van der Waals surface area contributed by atoms with Gasteiger partial charge >= 0.3 is 0 Å². The molecular formula is C8H9FN2. The van der Waals surface area contributed by atoms with Crippen molar-refractivity contribution in [1.29, 1.82) is 0 Å². The highest BCUT2D eigenvalue weighted by molar-refractivity contribution is 5.53. The van der Waals surface area contributed by atoms with E-state index in [1.54, 1.807) is 13.1 Å². The molecule has 0 aromatic heterocycles. The quantitative estimate of drug-likeness (QED) is 0.526. The summed E-state index contributed by atoms with van der Waals surface area (Å²) >= 11 is 0. The van der Waals surface area contributed by atoms with Crippen LogP contribution in [0.1, 0.15) is 6.92 Å². The van der Waals surface area contributed by atoms with Gasteiger partial charge in [-0.3, -0.25) is 0 Å². The maximum atomic E-state index is 12.5. The summed E-state index contributed by atoms with van der Waals surface area (Å²) in [7, 11) is 0. The number of hydrazone groups is 1. The second-order valence-corrected chi connectivity index (χ2v) is 2.05. The fraction of sp³-hybridized carbons (Fsp3) is 0.125. The first kappa shape index (κ1) is 7.72. The van der Waals surface area contributed by atoms with Crippen LogP contribution in [0.4, 0.5) is 4.39 Å². The Balaban J connectivity index is 2.77. The van der Waals surface area contributed by atoms with Gasteiger partial charge in [-0.05, 0) is 19.1 Å². The largest absolute Gasteiger partial charge is 0.242 e. The van der Waals surface area contributed by atoms with Gasteiger partial charge in [-0.1, -0.05) is 6.58 Å². The van der Waals surface area contributed by atoms with Crippen LogP contribution in [0.15, 0.2) is 41.6 Å². The highest BCUT2D eigenvalue weighted by atomic mass is 19.1. The predicted octanol–water partition coefficient (Wildman–Crippen LogP) is 2.19. The van der Waals surface area contributed by atoms with Crippen LogP contribution in [0.3, 0.4) is 0 Å². The molecule has 58 valence electrons. The van der Waals surface area contributed by atoms with E-state index in [1.165, 1.54) is 23.4 Å². The van der Waals surface area contributed by atoms with Crippen molar-refractivity contribution >= 4 is 6.21 Å². The van der Waals surface area contributed by atoms with E-state index in [1.807, 2.05) is 0 Å². The molecule has 0 aromatic carbocycles. The average Bonchev–Trinajstić information content (AvgIpc) is 1.95. The molecule has 0 radical (unpaired) electrons. The molecule has 1 rings (SSSR count). The van der Waals surface area contributed by atoms with Gasteiger partial charge in [-0.15, -0.1) is 0 Å². The van der Waals surface area contributed by atoms with E-state index in [2.05, 4.69) is 11.7 Å². The lowest BCUT2D eigenvalue weighted by Crippen LogP contribution is -2.09. The zero-order valence-electron chi connectivity index (χ0n) is 6.29. The first-order valence-corrected chi connectivity index (χ1v) is 3.26. The van der Waals surface area contributed by atoms with E-state index < -0.39 is 0 Å². The van der Waals surface area contributed by atoms with Gasteiger partial charge in [0.25, 0.3) is 0 Å². The van der Waals surface area contributed by atoms with Crippen LogP contribution >= 0.6 is 0 Å². The minimum Gasteiger partial charge on any atom is -0.242 e. The molecule has 0 N–H and O–H groups in total. The van der Waals surface area contributed by atoms with Crippen molar-refractivity contribution in [2.45, 2.75) is 6.92 Å². The van der Waals surface area contributed by atoms with E-state index in [4.69, 9.17) is 0 Å². The lowest BCUT2D eigenvalue weighted by atomic mass is 10.3. The highest BCUT2D eigenvalue weighted by Gasteiger charge is 2.05.